The first-order valence-electron chi connectivity index (χ1n) is 10.3. The first-order valence-corrected chi connectivity index (χ1v) is 11.2. The fourth-order valence-corrected chi connectivity index (χ4v) is 5.14. The van der Waals surface area contributed by atoms with Crippen LogP contribution in [0.25, 0.3) is 0 Å². The van der Waals surface area contributed by atoms with Gasteiger partial charge in [-0.3, -0.25) is 4.79 Å². The first kappa shape index (κ1) is 20.1. The molecule has 1 amide bonds. The second-order valence-electron chi connectivity index (χ2n) is 7.58. The highest BCUT2D eigenvalue weighted by atomic mass is 32.1. The number of thiophene rings is 1. The molecule has 3 heterocycles. The molecule has 1 aliphatic carbocycles. The van der Waals surface area contributed by atoms with E-state index in [9.17, 15) is 4.79 Å². The van der Waals surface area contributed by atoms with Crippen molar-refractivity contribution < 1.29 is 14.3 Å². The van der Waals surface area contributed by atoms with Gasteiger partial charge in [-0.05, 0) is 31.2 Å². The zero-order valence-electron chi connectivity index (χ0n) is 16.9. The van der Waals surface area contributed by atoms with Crippen molar-refractivity contribution in [1.82, 2.24) is 15.3 Å². The topological polar surface area (TPSA) is 76.6 Å². The number of nitrogens with zero attached hydrogens (tertiary/aromatic N) is 3. The van der Waals surface area contributed by atoms with E-state index in [1.807, 2.05) is 19.1 Å². The maximum atomic E-state index is 13.0. The molecule has 0 spiro atoms. The SMILES string of the molecule is Cc1nc(OCCNC(=O)C2(c3cccs3)CCCC2)cc(N2CCOCC2)n1. The summed E-state index contributed by atoms with van der Waals surface area (Å²) < 4.78 is 11.2. The fraction of sp³-hybridized carbons (Fsp3) is 0.571. The van der Waals surface area contributed by atoms with Crippen LogP contribution in [-0.4, -0.2) is 55.3 Å². The third-order valence-corrected chi connectivity index (χ3v) is 6.73. The largest absolute Gasteiger partial charge is 0.476 e. The predicted octanol–water partition coefficient (Wildman–Crippen LogP) is 2.69. The summed E-state index contributed by atoms with van der Waals surface area (Å²) in [5, 5.41) is 5.14. The van der Waals surface area contributed by atoms with Gasteiger partial charge in [-0.2, -0.15) is 4.98 Å². The van der Waals surface area contributed by atoms with Gasteiger partial charge in [0.05, 0.1) is 25.2 Å². The van der Waals surface area contributed by atoms with Gasteiger partial charge in [-0.15, -0.1) is 11.3 Å². The molecule has 29 heavy (non-hydrogen) atoms. The van der Waals surface area contributed by atoms with Crippen molar-refractivity contribution in [2.75, 3.05) is 44.4 Å². The maximum Gasteiger partial charge on any atom is 0.231 e. The van der Waals surface area contributed by atoms with E-state index in [4.69, 9.17) is 9.47 Å². The number of morpholine rings is 1. The first-order chi connectivity index (χ1) is 14.2. The molecule has 2 fully saturated rings. The molecule has 2 aliphatic rings. The number of anilines is 1. The Morgan fingerprint density at radius 1 is 1.31 bits per heavy atom. The molecule has 1 aliphatic heterocycles. The molecule has 2 aromatic rings. The number of rotatable bonds is 7. The summed E-state index contributed by atoms with van der Waals surface area (Å²) in [6, 6.07) is 5.98. The number of aromatic nitrogens is 2. The Labute approximate surface area is 175 Å². The Hall–Kier alpha value is -2.19. The average Bonchev–Trinajstić information content (AvgIpc) is 3.44. The standard InChI is InChI=1S/C21H28N4O3S/c1-16-23-18(25-9-12-27-13-10-25)15-19(24-16)28-11-8-22-20(26)21(6-2-3-7-21)17-5-4-14-29-17/h4-5,14-15H,2-3,6-13H2,1H3,(H,22,26). The fourth-order valence-electron chi connectivity index (χ4n) is 4.16. The highest BCUT2D eigenvalue weighted by molar-refractivity contribution is 7.10. The maximum absolute atomic E-state index is 13.0. The van der Waals surface area contributed by atoms with E-state index in [-0.39, 0.29) is 11.3 Å². The third-order valence-electron chi connectivity index (χ3n) is 5.66. The second-order valence-corrected chi connectivity index (χ2v) is 8.53. The zero-order chi connectivity index (χ0) is 20.1. The summed E-state index contributed by atoms with van der Waals surface area (Å²) in [5.74, 6) is 2.20. The summed E-state index contributed by atoms with van der Waals surface area (Å²) >= 11 is 1.68. The molecule has 156 valence electrons. The van der Waals surface area contributed by atoms with E-state index in [2.05, 4.69) is 31.6 Å². The predicted molar refractivity (Wildman–Crippen MR) is 113 cm³/mol. The van der Waals surface area contributed by atoms with Crippen LogP contribution in [0.2, 0.25) is 0 Å². The summed E-state index contributed by atoms with van der Waals surface area (Å²) in [5.41, 5.74) is -0.358. The lowest BCUT2D eigenvalue weighted by molar-refractivity contribution is -0.126. The van der Waals surface area contributed by atoms with Gasteiger partial charge in [0.15, 0.2) is 0 Å². The number of aryl methyl sites for hydroxylation is 1. The molecule has 0 atom stereocenters. The summed E-state index contributed by atoms with van der Waals surface area (Å²) in [6.07, 6.45) is 4.06. The smallest absolute Gasteiger partial charge is 0.231 e. The third kappa shape index (κ3) is 4.53. The van der Waals surface area contributed by atoms with Crippen LogP contribution in [0.5, 0.6) is 5.88 Å². The minimum Gasteiger partial charge on any atom is -0.476 e. The number of nitrogens with one attached hydrogen (secondary N) is 1. The number of carbonyl (C=O) groups excluding carboxylic acids is 1. The van der Waals surface area contributed by atoms with Crippen LogP contribution < -0.4 is 15.0 Å². The van der Waals surface area contributed by atoms with Crippen molar-refractivity contribution in [2.45, 2.75) is 38.0 Å². The van der Waals surface area contributed by atoms with E-state index in [0.717, 1.165) is 44.6 Å². The molecular weight excluding hydrogens is 388 g/mol. The van der Waals surface area contributed by atoms with Gasteiger partial charge < -0.3 is 19.7 Å². The quantitative estimate of drug-likeness (QED) is 0.700. The Morgan fingerprint density at radius 2 is 2.10 bits per heavy atom. The minimum absolute atomic E-state index is 0.119. The number of amides is 1. The lowest BCUT2D eigenvalue weighted by Gasteiger charge is -2.28. The summed E-state index contributed by atoms with van der Waals surface area (Å²) in [6.45, 7) is 5.75. The van der Waals surface area contributed by atoms with Crippen molar-refractivity contribution >= 4 is 23.1 Å². The van der Waals surface area contributed by atoms with E-state index >= 15 is 0 Å². The van der Waals surface area contributed by atoms with Crippen LogP contribution >= 0.6 is 11.3 Å². The van der Waals surface area contributed by atoms with Crippen molar-refractivity contribution in [3.8, 4) is 5.88 Å². The van der Waals surface area contributed by atoms with E-state index in [1.54, 1.807) is 11.3 Å². The lowest BCUT2D eigenvalue weighted by Crippen LogP contribution is -2.43. The molecule has 7 nitrogen and oxygen atoms in total. The van der Waals surface area contributed by atoms with Crippen LogP contribution in [0, 0.1) is 6.92 Å². The number of carbonyl (C=O) groups is 1. The van der Waals surface area contributed by atoms with Gasteiger partial charge in [-0.25, -0.2) is 4.98 Å². The Kier molecular flexibility index (Phi) is 6.30. The summed E-state index contributed by atoms with van der Waals surface area (Å²) in [4.78, 5) is 25.2. The molecule has 1 N–H and O–H groups in total. The Balaban J connectivity index is 1.32. The molecule has 1 saturated heterocycles. The van der Waals surface area contributed by atoms with Gasteiger partial charge >= 0.3 is 0 Å². The van der Waals surface area contributed by atoms with Crippen molar-refractivity contribution in [3.05, 3.63) is 34.3 Å². The molecule has 8 heteroatoms. The molecule has 0 unspecified atom stereocenters. The molecule has 0 radical (unpaired) electrons. The van der Waals surface area contributed by atoms with Gasteiger partial charge in [-0.1, -0.05) is 18.9 Å². The van der Waals surface area contributed by atoms with Crippen molar-refractivity contribution in [2.24, 2.45) is 0 Å². The van der Waals surface area contributed by atoms with Gasteiger partial charge in [0.1, 0.15) is 18.2 Å². The van der Waals surface area contributed by atoms with E-state index in [0.29, 0.717) is 38.1 Å². The van der Waals surface area contributed by atoms with Crippen LogP contribution in [-0.2, 0) is 14.9 Å². The van der Waals surface area contributed by atoms with E-state index in [1.165, 1.54) is 4.88 Å². The van der Waals surface area contributed by atoms with Crippen LogP contribution in [0.4, 0.5) is 5.82 Å². The number of hydrogen-bond donors (Lipinski definition) is 1. The van der Waals surface area contributed by atoms with Gasteiger partial charge in [0.25, 0.3) is 0 Å². The summed E-state index contributed by atoms with van der Waals surface area (Å²) in [7, 11) is 0. The molecule has 1 saturated carbocycles. The monoisotopic (exact) mass is 416 g/mol. The number of ether oxygens (including phenoxy) is 2. The van der Waals surface area contributed by atoms with E-state index < -0.39 is 0 Å². The zero-order valence-corrected chi connectivity index (χ0v) is 17.7. The number of hydrogen-bond acceptors (Lipinski definition) is 7. The molecule has 0 aromatic carbocycles. The highest BCUT2D eigenvalue weighted by Gasteiger charge is 2.43. The average molecular weight is 417 g/mol. The van der Waals surface area contributed by atoms with Crippen LogP contribution in [0.3, 0.4) is 0 Å². The Bertz CT molecular complexity index is 815. The molecule has 0 bridgehead atoms. The van der Waals surface area contributed by atoms with Crippen LogP contribution in [0.15, 0.2) is 23.6 Å². The highest BCUT2D eigenvalue weighted by Crippen LogP contribution is 2.43. The minimum atomic E-state index is -0.358. The van der Waals surface area contributed by atoms with Crippen LogP contribution in [0.1, 0.15) is 36.4 Å². The Morgan fingerprint density at radius 3 is 2.83 bits per heavy atom. The molecule has 2 aromatic heterocycles. The second kappa shape index (κ2) is 9.09. The van der Waals surface area contributed by atoms with Crippen molar-refractivity contribution in [1.29, 1.82) is 0 Å². The van der Waals surface area contributed by atoms with Gasteiger partial charge in [0.2, 0.25) is 11.8 Å². The normalized spacial score (nSPS) is 18.6. The van der Waals surface area contributed by atoms with Gasteiger partial charge in [0, 0.05) is 24.0 Å². The van der Waals surface area contributed by atoms with Crippen molar-refractivity contribution in [3.63, 3.8) is 0 Å². The molecule has 4 rings (SSSR count). The molecular formula is C21H28N4O3S. The lowest BCUT2D eigenvalue weighted by atomic mass is 9.83.